The van der Waals surface area contributed by atoms with E-state index in [0.717, 1.165) is 0 Å². The van der Waals surface area contributed by atoms with Crippen molar-refractivity contribution in [1.29, 1.82) is 0 Å². The van der Waals surface area contributed by atoms with Crippen molar-refractivity contribution in [2.45, 2.75) is 27.1 Å². The number of terminal acetylenes is 1. The van der Waals surface area contributed by atoms with Crippen LogP contribution in [0.1, 0.15) is 29.9 Å². The molecule has 0 unspecified atom stereocenters. The molecule has 0 fully saturated rings. The van der Waals surface area contributed by atoms with Crippen LogP contribution in [0.5, 0.6) is 0 Å². The van der Waals surface area contributed by atoms with E-state index < -0.39 is 11.8 Å². The van der Waals surface area contributed by atoms with Crippen LogP contribution in [-0.4, -0.2) is 0 Å². The summed E-state index contributed by atoms with van der Waals surface area (Å²) >= 11 is 0. The van der Waals surface area contributed by atoms with Gasteiger partial charge >= 0.3 is 0 Å². The molecule has 0 amide bonds. The van der Waals surface area contributed by atoms with Crippen molar-refractivity contribution in [2.24, 2.45) is 5.41 Å². The summed E-state index contributed by atoms with van der Waals surface area (Å²) in [6, 6.07) is 0. The van der Waals surface area contributed by atoms with Crippen LogP contribution in [-0.2, 0) is 0 Å². The maximum Gasteiger partial charge on any atom is 0.0408 e. The molecule has 0 saturated carbocycles. The standard InChI is InChI=1S/C7H12/c1-5-6-7(2,3)4/h1H,6H2,2-4H3/i6D2. The van der Waals surface area contributed by atoms with Crippen molar-refractivity contribution in [2.75, 3.05) is 0 Å². The molecule has 0 heteroatoms. The third-order valence-electron chi connectivity index (χ3n) is 0.447. The van der Waals surface area contributed by atoms with Gasteiger partial charge in [-0.2, -0.15) is 0 Å². The minimum Gasteiger partial charge on any atom is -0.120 e. The van der Waals surface area contributed by atoms with E-state index >= 15 is 0 Å². The van der Waals surface area contributed by atoms with E-state index in [2.05, 4.69) is 5.92 Å². The van der Waals surface area contributed by atoms with E-state index in [1.165, 1.54) is 0 Å². The Labute approximate surface area is 48.7 Å². The summed E-state index contributed by atoms with van der Waals surface area (Å²) in [6.07, 6.45) is 3.47. The van der Waals surface area contributed by atoms with Gasteiger partial charge in [-0.3, -0.25) is 0 Å². The lowest BCUT2D eigenvalue weighted by molar-refractivity contribution is 0.428. The highest BCUT2D eigenvalue weighted by Gasteiger charge is 2.05. The van der Waals surface area contributed by atoms with E-state index in [1.54, 1.807) is 20.8 Å². The van der Waals surface area contributed by atoms with Crippen molar-refractivity contribution >= 4 is 0 Å². The van der Waals surface area contributed by atoms with Crippen molar-refractivity contribution in [3.05, 3.63) is 0 Å². The van der Waals surface area contributed by atoms with Crippen LogP contribution in [0.25, 0.3) is 0 Å². The average Bonchev–Trinajstić information content (AvgIpc) is 1.64. The molecule has 0 aliphatic rings. The lowest BCUT2D eigenvalue weighted by Crippen LogP contribution is -2.01. The molecule has 0 aliphatic carbocycles. The molecule has 0 saturated heterocycles. The van der Waals surface area contributed by atoms with Gasteiger partial charge in [0.2, 0.25) is 0 Å². The third-order valence-corrected chi connectivity index (χ3v) is 0.447. The molecule has 7 heavy (non-hydrogen) atoms. The predicted octanol–water partition coefficient (Wildman–Crippen LogP) is 2.06. The summed E-state index contributed by atoms with van der Waals surface area (Å²) in [5, 5.41) is 0. The normalized spacial score (nSPS) is 16.9. The minimum atomic E-state index is -1.49. The molecule has 0 atom stereocenters. The third kappa shape index (κ3) is 5.56. The number of rotatable bonds is 0. The maximum absolute atomic E-state index is 7.26. The Morgan fingerprint density at radius 3 is 2.14 bits per heavy atom. The second-order valence-corrected chi connectivity index (χ2v) is 2.52. The van der Waals surface area contributed by atoms with E-state index in [9.17, 15) is 0 Å². The van der Waals surface area contributed by atoms with Crippen molar-refractivity contribution in [1.82, 2.24) is 0 Å². The second kappa shape index (κ2) is 2.02. The SMILES string of the molecule is [2H]C([2H])(C#C)C(C)(C)C. The van der Waals surface area contributed by atoms with Crippen LogP contribution in [0.3, 0.4) is 0 Å². The van der Waals surface area contributed by atoms with Gasteiger partial charge in [-0.25, -0.2) is 0 Å². The zero-order valence-corrected chi connectivity index (χ0v) is 5.08. The first-order valence-corrected chi connectivity index (χ1v) is 2.29. The zero-order chi connectivity index (χ0) is 7.71. The highest BCUT2D eigenvalue weighted by Crippen LogP contribution is 2.16. The molecule has 0 radical (unpaired) electrons. The topological polar surface area (TPSA) is 0 Å². The molecule has 0 heterocycles. The van der Waals surface area contributed by atoms with Crippen LogP contribution in [0.15, 0.2) is 0 Å². The van der Waals surface area contributed by atoms with Gasteiger partial charge in [-0.1, -0.05) is 20.8 Å². The van der Waals surface area contributed by atoms with Gasteiger partial charge < -0.3 is 0 Å². The average molecular weight is 98.2 g/mol. The van der Waals surface area contributed by atoms with Gasteiger partial charge in [0.15, 0.2) is 0 Å². The van der Waals surface area contributed by atoms with Crippen LogP contribution in [0.4, 0.5) is 0 Å². The fourth-order valence-electron chi connectivity index (χ4n) is 0.217. The minimum absolute atomic E-state index is 0.457. The Morgan fingerprint density at radius 1 is 1.71 bits per heavy atom. The predicted molar refractivity (Wildman–Crippen MR) is 32.9 cm³/mol. The molecule has 40 valence electrons. The number of hydrogen-bond acceptors (Lipinski definition) is 0. The quantitative estimate of drug-likeness (QED) is 0.407. The highest BCUT2D eigenvalue weighted by molar-refractivity contribution is 4.88. The van der Waals surface area contributed by atoms with Crippen molar-refractivity contribution < 1.29 is 2.74 Å². The largest absolute Gasteiger partial charge is 0.120 e. The summed E-state index contributed by atoms with van der Waals surface area (Å²) in [5.41, 5.74) is -0.457. The van der Waals surface area contributed by atoms with Gasteiger partial charge in [0.1, 0.15) is 0 Å². The van der Waals surface area contributed by atoms with E-state index in [0.29, 0.717) is 0 Å². The van der Waals surface area contributed by atoms with Crippen LogP contribution >= 0.6 is 0 Å². The van der Waals surface area contributed by atoms with E-state index in [4.69, 9.17) is 9.16 Å². The first-order chi connectivity index (χ1) is 3.81. The number of hydrogen-bond donors (Lipinski definition) is 0. The molecular weight excluding hydrogens is 84.1 g/mol. The Morgan fingerprint density at radius 2 is 2.14 bits per heavy atom. The van der Waals surface area contributed by atoms with Crippen LogP contribution in [0, 0.1) is 17.8 Å². The van der Waals surface area contributed by atoms with Gasteiger partial charge in [0.25, 0.3) is 0 Å². The second-order valence-electron chi connectivity index (χ2n) is 2.52. The lowest BCUT2D eigenvalue weighted by Gasteiger charge is -2.11. The molecule has 0 aromatic carbocycles. The Hall–Kier alpha value is -0.440. The molecule has 0 spiro atoms. The van der Waals surface area contributed by atoms with Gasteiger partial charge in [-0.05, 0) is 5.41 Å². The summed E-state index contributed by atoms with van der Waals surface area (Å²) < 4.78 is 14.5. The van der Waals surface area contributed by atoms with Crippen LogP contribution < -0.4 is 0 Å². The first kappa shape index (κ1) is 3.55. The maximum atomic E-state index is 7.26. The van der Waals surface area contributed by atoms with E-state index in [-0.39, 0.29) is 0 Å². The molecule has 0 aliphatic heterocycles. The molecule has 0 bridgehead atoms. The van der Waals surface area contributed by atoms with Gasteiger partial charge in [-0.15, -0.1) is 12.3 Å². The molecule has 0 N–H and O–H groups in total. The van der Waals surface area contributed by atoms with Crippen molar-refractivity contribution in [3.8, 4) is 12.3 Å². The van der Waals surface area contributed by atoms with Crippen molar-refractivity contribution in [3.63, 3.8) is 0 Å². The zero-order valence-electron chi connectivity index (χ0n) is 7.08. The Bertz CT molecular complexity index is 134. The summed E-state index contributed by atoms with van der Waals surface area (Å²) in [5.74, 6) is 2.11. The fourth-order valence-corrected chi connectivity index (χ4v) is 0.217. The van der Waals surface area contributed by atoms with Crippen LogP contribution in [0.2, 0.25) is 0 Å². The summed E-state index contributed by atoms with van der Waals surface area (Å²) in [7, 11) is 0. The lowest BCUT2D eigenvalue weighted by atomic mass is 9.93. The molecule has 0 rings (SSSR count). The molecule has 0 nitrogen and oxygen atoms in total. The van der Waals surface area contributed by atoms with Gasteiger partial charge in [0, 0.05) is 9.11 Å². The Kier molecular flexibility index (Phi) is 1.03. The first-order valence-electron chi connectivity index (χ1n) is 3.29. The van der Waals surface area contributed by atoms with Gasteiger partial charge in [0.05, 0.1) is 0 Å². The smallest absolute Gasteiger partial charge is 0.0408 e. The summed E-state index contributed by atoms with van der Waals surface area (Å²) in [4.78, 5) is 0. The molecule has 0 aromatic rings. The Balaban J connectivity index is 4.39. The molecular formula is C7H12. The molecule has 0 aromatic heterocycles. The van der Waals surface area contributed by atoms with E-state index in [1.807, 2.05) is 0 Å². The monoisotopic (exact) mass is 98.1 g/mol. The highest BCUT2D eigenvalue weighted by atomic mass is 14.1. The fraction of sp³-hybridized carbons (Fsp3) is 0.714. The summed E-state index contributed by atoms with van der Waals surface area (Å²) in [6.45, 7) is 5.35.